The van der Waals surface area contributed by atoms with Crippen molar-refractivity contribution in [2.45, 2.75) is 11.8 Å². The fraction of sp³-hybridized carbons (Fsp3) is 0.200. The van der Waals surface area contributed by atoms with Crippen molar-refractivity contribution in [3.8, 4) is 0 Å². The lowest BCUT2D eigenvalue weighted by Crippen LogP contribution is -2.27. The van der Waals surface area contributed by atoms with Crippen molar-refractivity contribution in [2.24, 2.45) is 0 Å². The highest BCUT2D eigenvalue weighted by atomic mass is 32.2. The molecule has 0 aliphatic carbocycles. The van der Waals surface area contributed by atoms with E-state index in [2.05, 4.69) is 5.32 Å². The summed E-state index contributed by atoms with van der Waals surface area (Å²) in [5, 5.41) is 3.09. The van der Waals surface area contributed by atoms with Gasteiger partial charge in [0, 0.05) is 19.3 Å². The summed E-state index contributed by atoms with van der Waals surface area (Å²) in [4.78, 5) is 0.120. The number of rotatable bonds is 5. The van der Waals surface area contributed by atoms with Crippen LogP contribution in [0.1, 0.15) is 6.92 Å². The standard InChI is InChI=1S/C15H17FN2O2S/c1-3-17-12-8-10-13(11-9-12)21(19,20)18(2)15-7-5-4-6-14(15)16/h4-11,17H,3H2,1-2H3. The van der Waals surface area contributed by atoms with E-state index in [0.29, 0.717) is 0 Å². The van der Waals surface area contributed by atoms with Gasteiger partial charge < -0.3 is 5.32 Å². The molecule has 21 heavy (non-hydrogen) atoms. The van der Waals surface area contributed by atoms with Gasteiger partial charge in [-0.3, -0.25) is 4.31 Å². The fourth-order valence-electron chi connectivity index (χ4n) is 1.94. The molecule has 0 atom stereocenters. The number of anilines is 2. The fourth-order valence-corrected chi connectivity index (χ4v) is 3.15. The third kappa shape index (κ3) is 3.16. The SMILES string of the molecule is CCNc1ccc(S(=O)(=O)N(C)c2ccccc2F)cc1. The second-order valence-electron chi connectivity index (χ2n) is 4.48. The van der Waals surface area contributed by atoms with Crippen molar-refractivity contribution in [2.75, 3.05) is 23.2 Å². The Morgan fingerprint density at radius 1 is 1.10 bits per heavy atom. The van der Waals surface area contributed by atoms with Crippen LogP contribution >= 0.6 is 0 Å². The minimum absolute atomic E-state index is 0.0215. The van der Waals surface area contributed by atoms with Crippen LogP contribution in [0, 0.1) is 5.82 Å². The van der Waals surface area contributed by atoms with E-state index in [0.717, 1.165) is 16.5 Å². The Kier molecular flexibility index (Phi) is 4.47. The number of hydrogen-bond acceptors (Lipinski definition) is 3. The van der Waals surface area contributed by atoms with Crippen LogP contribution < -0.4 is 9.62 Å². The molecule has 0 aliphatic rings. The van der Waals surface area contributed by atoms with Crippen LogP contribution in [0.4, 0.5) is 15.8 Å². The molecule has 0 heterocycles. The molecule has 2 aromatic carbocycles. The van der Waals surface area contributed by atoms with E-state index in [1.165, 1.54) is 37.4 Å². The molecule has 0 aromatic heterocycles. The van der Waals surface area contributed by atoms with Crippen LogP contribution in [0.25, 0.3) is 0 Å². The van der Waals surface area contributed by atoms with Crippen LogP contribution in [0.15, 0.2) is 53.4 Å². The zero-order chi connectivity index (χ0) is 15.5. The maximum Gasteiger partial charge on any atom is 0.264 e. The van der Waals surface area contributed by atoms with Crippen LogP contribution in [0.5, 0.6) is 0 Å². The molecule has 0 aliphatic heterocycles. The highest BCUT2D eigenvalue weighted by Gasteiger charge is 2.23. The Balaban J connectivity index is 2.35. The van der Waals surface area contributed by atoms with Gasteiger partial charge in [0.2, 0.25) is 0 Å². The average molecular weight is 308 g/mol. The van der Waals surface area contributed by atoms with Gasteiger partial charge in [-0.2, -0.15) is 0 Å². The lowest BCUT2D eigenvalue weighted by Gasteiger charge is -2.20. The molecular formula is C15H17FN2O2S. The average Bonchev–Trinajstić information content (AvgIpc) is 2.48. The third-order valence-electron chi connectivity index (χ3n) is 3.09. The van der Waals surface area contributed by atoms with Crippen LogP contribution in [0.3, 0.4) is 0 Å². The van der Waals surface area contributed by atoms with Crippen molar-refractivity contribution in [3.05, 3.63) is 54.3 Å². The summed E-state index contributed by atoms with van der Waals surface area (Å²) < 4.78 is 39.7. The van der Waals surface area contributed by atoms with Gasteiger partial charge in [0.15, 0.2) is 0 Å². The summed E-state index contributed by atoms with van der Waals surface area (Å²) in [5.41, 5.74) is 0.859. The van der Waals surface area contributed by atoms with Crippen LogP contribution in [-0.4, -0.2) is 22.0 Å². The number of benzene rings is 2. The Bertz CT molecular complexity index is 715. The first-order chi connectivity index (χ1) is 9.96. The molecule has 0 spiro atoms. The molecule has 2 rings (SSSR count). The Morgan fingerprint density at radius 3 is 2.29 bits per heavy atom. The van der Waals surface area contributed by atoms with Crippen LogP contribution in [0.2, 0.25) is 0 Å². The quantitative estimate of drug-likeness (QED) is 0.923. The molecule has 2 aromatic rings. The number of para-hydroxylation sites is 1. The zero-order valence-corrected chi connectivity index (χ0v) is 12.7. The first-order valence-corrected chi connectivity index (χ1v) is 7.98. The van der Waals surface area contributed by atoms with E-state index in [1.807, 2.05) is 6.92 Å². The van der Waals surface area contributed by atoms with Gasteiger partial charge in [-0.25, -0.2) is 12.8 Å². The summed E-state index contributed by atoms with van der Waals surface area (Å²) in [6.07, 6.45) is 0. The van der Waals surface area contributed by atoms with Gasteiger partial charge >= 0.3 is 0 Å². The first-order valence-electron chi connectivity index (χ1n) is 6.54. The number of nitrogens with one attached hydrogen (secondary N) is 1. The highest BCUT2D eigenvalue weighted by molar-refractivity contribution is 7.92. The lowest BCUT2D eigenvalue weighted by atomic mass is 10.3. The first kappa shape index (κ1) is 15.3. The van der Waals surface area contributed by atoms with Gasteiger partial charge in [0.25, 0.3) is 10.0 Å². The third-order valence-corrected chi connectivity index (χ3v) is 4.87. The molecule has 0 fully saturated rings. The van der Waals surface area contributed by atoms with E-state index >= 15 is 0 Å². The van der Waals surface area contributed by atoms with Gasteiger partial charge in [0.1, 0.15) is 5.82 Å². The van der Waals surface area contributed by atoms with Crippen molar-refractivity contribution in [1.29, 1.82) is 0 Å². The number of hydrogen-bond donors (Lipinski definition) is 1. The number of nitrogens with zero attached hydrogens (tertiary/aromatic N) is 1. The lowest BCUT2D eigenvalue weighted by molar-refractivity contribution is 0.589. The van der Waals surface area contributed by atoms with Crippen molar-refractivity contribution in [1.82, 2.24) is 0 Å². The van der Waals surface area contributed by atoms with E-state index in [9.17, 15) is 12.8 Å². The summed E-state index contributed by atoms with van der Waals surface area (Å²) >= 11 is 0. The normalized spacial score (nSPS) is 11.2. The Labute approximate surface area is 124 Å². The molecule has 4 nitrogen and oxygen atoms in total. The highest BCUT2D eigenvalue weighted by Crippen LogP contribution is 2.25. The molecule has 6 heteroatoms. The second kappa shape index (κ2) is 6.13. The maximum atomic E-state index is 13.7. The van der Waals surface area contributed by atoms with Crippen LogP contribution in [-0.2, 0) is 10.0 Å². The number of sulfonamides is 1. The molecule has 0 unspecified atom stereocenters. The minimum Gasteiger partial charge on any atom is -0.385 e. The summed E-state index contributed by atoms with van der Waals surface area (Å²) in [6, 6.07) is 12.2. The van der Waals surface area contributed by atoms with Gasteiger partial charge in [-0.1, -0.05) is 12.1 Å². The van der Waals surface area contributed by atoms with Crippen molar-refractivity contribution >= 4 is 21.4 Å². The predicted octanol–water partition coefficient (Wildman–Crippen LogP) is 3.08. The number of halogens is 1. The summed E-state index contributed by atoms with van der Waals surface area (Å²) in [5.74, 6) is -0.576. The molecule has 112 valence electrons. The topological polar surface area (TPSA) is 49.4 Å². The monoisotopic (exact) mass is 308 g/mol. The molecule has 0 amide bonds. The smallest absolute Gasteiger partial charge is 0.264 e. The largest absolute Gasteiger partial charge is 0.385 e. The molecular weight excluding hydrogens is 291 g/mol. The van der Waals surface area contributed by atoms with E-state index in [4.69, 9.17) is 0 Å². The van der Waals surface area contributed by atoms with Gasteiger partial charge in [-0.05, 0) is 43.3 Å². The van der Waals surface area contributed by atoms with E-state index in [1.54, 1.807) is 18.2 Å². The molecule has 0 radical (unpaired) electrons. The van der Waals surface area contributed by atoms with Gasteiger partial charge in [-0.15, -0.1) is 0 Å². The van der Waals surface area contributed by atoms with E-state index in [-0.39, 0.29) is 10.6 Å². The predicted molar refractivity (Wildman–Crippen MR) is 82.6 cm³/mol. The molecule has 1 N–H and O–H groups in total. The molecule has 0 saturated heterocycles. The molecule has 0 bridgehead atoms. The Morgan fingerprint density at radius 2 is 1.71 bits per heavy atom. The maximum absolute atomic E-state index is 13.7. The van der Waals surface area contributed by atoms with Crippen molar-refractivity contribution < 1.29 is 12.8 Å². The second-order valence-corrected chi connectivity index (χ2v) is 6.45. The zero-order valence-electron chi connectivity index (χ0n) is 11.9. The van der Waals surface area contributed by atoms with E-state index < -0.39 is 15.8 Å². The molecule has 0 saturated carbocycles. The minimum atomic E-state index is -3.78. The summed E-state index contributed by atoms with van der Waals surface area (Å²) in [7, 11) is -2.44. The summed E-state index contributed by atoms with van der Waals surface area (Å²) in [6.45, 7) is 2.71. The van der Waals surface area contributed by atoms with Crippen molar-refractivity contribution in [3.63, 3.8) is 0 Å². The van der Waals surface area contributed by atoms with Gasteiger partial charge in [0.05, 0.1) is 10.6 Å². The Hall–Kier alpha value is -2.08.